The molecule has 1 aromatic rings. The SMILES string of the molecule is CCC(=O)C(C)NC(=O)c1cc(C)ccc1C. The molecular weight excluding hydrogens is 214 g/mol. The zero-order valence-electron chi connectivity index (χ0n) is 10.8. The van der Waals surface area contributed by atoms with Crippen molar-refractivity contribution in [2.24, 2.45) is 0 Å². The first kappa shape index (κ1) is 13.4. The average molecular weight is 233 g/mol. The molecule has 0 aliphatic carbocycles. The summed E-state index contributed by atoms with van der Waals surface area (Å²) in [6.07, 6.45) is 0.439. The van der Waals surface area contributed by atoms with Crippen molar-refractivity contribution in [3.8, 4) is 0 Å². The second-order valence-electron chi connectivity index (χ2n) is 4.33. The number of nitrogens with one attached hydrogen (secondary N) is 1. The molecule has 1 unspecified atom stereocenters. The Bertz CT molecular complexity index is 438. The molecule has 0 fully saturated rings. The molecule has 0 aliphatic heterocycles. The fourth-order valence-electron chi connectivity index (χ4n) is 1.64. The maximum atomic E-state index is 12.0. The topological polar surface area (TPSA) is 46.2 Å². The van der Waals surface area contributed by atoms with Crippen molar-refractivity contribution in [2.45, 2.75) is 40.2 Å². The molecule has 92 valence electrons. The van der Waals surface area contributed by atoms with E-state index in [-0.39, 0.29) is 11.7 Å². The fourth-order valence-corrected chi connectivity index (χ4v) is 1.64. The van der Waals surface area contributed by atoms with Crippen LogP contribution in [0.25, 0.3) is 0 Å². The van der Waals surface area contributed by atoms with Gasteiger partial charge in [-0.2, -0.15) is 0 Å². The largest absolute Gasteiger partial charge is 0.343 e. The predicted molar refractivity (Wildman–Crippen MR) is 68.1 cm³/mol. The Labute approximate surface area is 102 Å². The van der Waals surface area contributed by atoms with Crippen LogP contribution >= 0.6 is 0 Å². The van der Waals surface area contributed by atoms with E-state index in [4.69, 9.17) is 0 Å². The molecule has 0 bridgehead atoms. The van der Waals surface area contributed by atoms with Crippen LogP contribution in [0.1, 0.15) is 41.8 Å². The highest BCUT2D eigenvalue weighted by molar-refractivity contribution is 5.98. The molecule has 3 heteroatoms. The number of carbonyl (C=O) groups excluding carboxylic acids is 2. The van der Waals surface area contributed by atoms with Crippen LogP contribution in [0.5, 0.6) is 0 Å². The van der Waals surface area contributed by atoms with Gasteiger partial charge in [-0.15, -0.1) is 0 Å². The molecule has 0 radical (unpaired) electrons. The molecule has 1 rings (SSSR count). The van der Waals surface area contributed by atoms with E-state index in [0.717, 1.165) is 11.1 Å². The van der Waals surface area contributed by atoms with Crippen LogP contribution in [0, 0.1) is 13.8 Å². The van der Waals surface area contributed by atoms with Gasteiger partial charge in [0, 0.05) is 12.0 Å². The summed E-state index contributed by atoms with van der Waals surface area (Å²) in [6, 6.07) is 5.30. The van der Waals surface area contributed by atoms with Gasteiger partial charge in [-0.1, -0.05) is 24.6 Å². The molecule has 0 spiro atoms. The minimum absolute atomic E-state index is 0.0451. The van der Waals surface area contributed by atoms with Crippen LogP contribution in [-0.2, 0) is 4.79 Å². The minimum atomic E-state index is -0.424. The summed E-state index contributed by atoms with van der Waals surface area (Å²) < 4.78 is 0. The quantitative estimate of drug-likeness (QED) is 0.868. The number of hydrogen-bond donors (Lipinski definition) is 1. The first-order valence-electron chi connectivity index (χ1n) is 5.86. The van der Waals surface area contributed by atoms with E-state index in [1.807, 2.05) is 32.0 Å². The Balaban J connectivity index is 2.83. The lowest BCUT2D eigenvalue weighted by Crippen LogP contribution is -2.38. The molecule has 0 saturated heterocycles. The van der Waals surface area contributed by atoms with Crippen LogP contribution in [0.4, 0.5) is 0 Å². The summed E-state index contributed by atoms with van der Waals surface area (Å²) in [5, 5.41) is 2.73. The number of Topliss-reactive ketones (excluding diaryl/α,β-unsaturated/α-hetero) is 1. The van der Waals surface area contributed by atoms with Gasteiger partial charge in [0.05, 0.1) is 6.04 Å². The molecule has 1 atom stereocenters. The normalized spacial score (nSPS) is 12.0. The monoisotopic (exact) mass is 233 g/mol. The lowest BCUT2D eigenvalue weighted by Gasteiger charge is -2.13. The van der Waals surface area contributed by atoms with Crippen molar-refractivity contribution in [2.75, 3.05) is 0 Å². The summed E-state index contributed by atoms with van der Waals surface area (Å²) in [5.41, 5.74) is 2.60. The highest BCUT2D eigenvalue weighted by Crippen LogP contribution is 2.10. The zero-order chi connectivity index (χ0) is 13.0. The lowest BCUT2D eigenvalue weighted by molar-refractivity contribution is -0.120. The number of aryl methyl sites for hydroxylation is 2. The van der Waals surface area contributed by atoms with Crippen molar-refractivity contribution in [3.63, 3.8) is 0 Å². The van der Waals surface area contributed by atoms with Gasteiger partial charge in [-0.25, -0.2) is 0 Å². The molecule has 1 N–H and O–H groups in total. The Morgan fingerprint density at radius 3 is 2.53 bits per heavy atom. The lowest BCUT2D eigenvalue weighted by atomic mass is 10.0. The summed E-state index contributed by atoms with van der Waals surface area (Å²) >= 11 is 0. The van der Waals surface area contributed by atoms with Gasteiger partial charge in [0.25, 0.3) is 5.91 Å². The first-order chi connectivity index (χ1) is 7.95. The number of rotatable bonds is 4. The molecule has 0 heterocycles. The van der Waals surface area contributed by atoms with E-state index >= 15 is 0 Å². The Morgan fingerprint density at radius 2 is 1.94 bits per heavy atom. The van der Waals surface area contributed by atoms with E-state index in [1.165, 1.54) is 0 Å². The number of hydrogen-bond acceptors (Lipinski definition) is 2. The van der Waals surface area contributed by atoms with Crippen LogP contribution < -0.4 is 5.32 Å². The van der Waals surface area contributed by atoms with E-state index in [9.17, 15) is 9.59 Å². The third-order valence-corrected chi connectivity index (χ3v) is 2.82. The highest BCUT2D eigenvalue weighted by Gasteiger charge is 2.16. The third-order valence-electron chi connectivity index (χ3n) is 2.82. The second kappa shape index (κ2) is 5.62. The molecule has 0 aliphatic rings. The van der Waals surface area contributed by atoms with Gasteiger partial charge in [0.1, 0.15) is 0 Å². The number of ketones is 1. The van der Waals surface area contributed by atoms with E-state index < -0.39 is 6.04 Å². The zero-order valence-corrected chi connectivity index (χ0v) is 10.8. The Kier molecular flexibility index (Phi) is 4.44. The maximum Gasteiger partial charge on any atom is 0.252 e. The molecule has 17 heavy (non-hydrogen) atoms. The molecule has 1 aromatic carbocycles. The molecule has 1 amide bonds. The standard InChI is InChI=1S/C14H19NO2/c1-5-13(16)11(4)15-14(17)12-8-9(2)6-7-10(12)3/h6-8,11H,5H2,1-4H3,(H,15,17). The second-order valence-corrected chi connectivity index (χ2v) is 4.33. The molecule has 3 nitrogen and oxygen atoms in total. The summed E-state index contributed by atoms with van der Waals surface area (Å²) in [7, 11) is 0. The van der Waals surface area contributed by atoms with Gasteiger partial charge in [0.15, 0.2) is 5.78 Å². The molecular formula is C14H19NO2. The van der Waals surface area contributed by atoms with Crippen molar-refractivity contribution in [1.29, 1.82) is 0 Å². The Hall–Kier alpha value is -1.64. The number of amides is 1. The highest BCUT2D eigenvalue weighted by atomic mass is 16.2. The Morgan fingerprint density at radius 1 is 1.29 bits per heavy atom. The van der Waals surface area contributed by atoms with Crippen LogP contribution in [-0.4, -0.2) is 17.7 Å². The van der Waals surface area contributed by atoms with Crippen molar-refractivity contribution < 1.29 is 9.59 Å². The van der Waals surface area contributed by atoms with Crippen LogP contribution in [0.3, 0.4) is 0 Å². The predicted octanol–water partition coefficient (Wildman–Crippen LogP) is 2.40. The van der Waals surface area contributed by atoms with E-state index in [0.29, 0.717) is 12.0 Å². The maximum absolute atomic E-state index is 12.0. The average Bonchev–Trinajstić information content (AvgIpc) is 2.30. The summed E-state index contributed by atoms with van der Waals surface area (Å²) in [4.78, 5) is 23.4. The van der Waals surface area contributed by atoms with E-state index in [1.54, 1.807) is 13.8 Å². The minimum Gasteiger partial charge on any atom is -0.343 e. The van der Waals surface area contributed by atoms with Crippen molar-refractivity contribution in [3.05, 3.63) is 34.9 Å². The van der Waals surface area contributed by atoms with Gasteiger partial charge >= 0.3 is 0 Å². The van der Waals surface area contributed by atoms with Gasteiger partial charge in [-0.3, -0.25) is 9.59 Å². The first-order valence-corrected chi connectivity index (χ1v) is 5.86. The van der Waals surface area contributed by atoms with Crippen LogP contribution in [0.2, 0.25) is 0 Å². The third kappa shape index (κ3) is 3.41. The van der Waals surface area contributed by atoms with Gasteiger partial charge < -0.3 is 5.32 Å². The van der Waals surface area contributed by atoms with Crippen LogP contribution in [0.15, 0.2) is 18.2 Å². The molecule has 0 aromatic heterocycles. The summed E-state index contributed by atoms with van der Waals surface area (Å²) in [6.45, 7) is 7.34. The van der Waals surface area contributed by atoms with Gasteiger partial charge in [0.2, 0.25) is 0 Å². The fraction of sp³-hybridized carbons (Fsp3) is 0.429. The van der Waals surface area contributed by atoms with Crippen molar-refractivity contribution in [1.82, 2.24) is 5.32 Å². The molecule has 0 saturated carbocycles. The van der Waals surface area contributed by atoms with E-state index in [2.05, 4.69) is 5.32 Å². The number of carbonyl (C=O) groups is 2. The van der Waals surface area contributed by atoms with Gasteiger partial charge in [-0.05, 0) is 32.4 Å². The smallest absolute Gasteiger partial charge is 0.252 e. The summed E-state index contributed by atoms with van der Waals surface area (Å²) in [5.74, 6) is -0.135. The van der Waals surface area contributed by atoms with Crippen molar-refractivity contribution >= 4 is 11.7 Å². The number of benzene rings is 1.